The average molecular weight is 285 g/mol. The molecular formula is C13H14Cl2N2O. The van der Waals surface area contributed by atoms with E-state index >= 15 is 0 Å². The van der Waals surface area contributed by atoms with Gasteiger partial charge in [0.15, 0.2) is 0 Å². The van der Waals surface area contributed by atoms with Crippen LogP contribution in [0.5, 0.6) is 0 Å². The van der Waals surface area contributed by atoms with E-state index in [1.165, 1.54) is 12.1 Å². The van der Waals surface area contributed by atoms with E-state index in [4.69, 9.17) is 28.5 Å². The molecule has 0 aromatic heterocycles. The van der Waals surface area contributed by atoms with Gasteiger partial charge in [-0.1, -0.05) is 37.0 Å². The molecule has 0 bridgehead atoms. The smallest absolute Gasteiger partial charge is 0.254 e. The van der Waals surface area contributed by atoms with Gasteiger partial charge in [-0.25, -0.2) is 0 Å². The number of hydrogen-bond donors (Lipinski definition) is 1. The molecule has 1 rings (SSSR count). The summed E-state index contributed by atoms with van der Waals surface area (Å²) in [6, 6.07) is 6.73. The highest BCUT2D eigenvalue weighted by Crippen LogP contribution is 2.22. The van der Waals surface area contributed by atoms with E-state index < -0.39 is 5.54 Å². The van der Waals surface area contributed by atoms with Crippen LogP contribution in [0, 0.1) is 17.2 Å². The van der Waals surface area contributed by atoms with Crippen molar-refractivity contribution in [1.82, 2.24) is 5.32 Å². The maximum atomic E-state index is 12.1. The van der Waals surface area contributed by atoms with Crippen molar-refractivity contribution in [3.8, 4) is 6.07 Å². The van der Waals surface area contributed by atoms with Crippen molar-refractivity contribution >= 4 is 29.1 Å². The summed E-state index contributed by atoms with van der Waals surface area (Å²) in [6.07, 6.45) is 0. The van der Waals surface area contributed by atoms with Crippen LogP contribution in [0.3, 0.4) is 0 Å². The van der Waals surface area contributed by atoms with Crippen LogP contribution >= 0.6 is 23.2 Å². The van der Waals surface area contributed by atoms with Crippen molar-refractivity contribution in [3.63, 3.8) is 0 Å². The Balaban J connectivity index is 2.99. The molecule has 1 N–H and O–H groups in total. The number of hydrogen-bond acceptors (Lipinski definition) is 2. The highest BCUT2D eigenvalue weighted by molar-refractivity contribution is 6.36. The topological polar surface area (TPSA) is 52.9 Å². The van der Waals surface area contributed by atoms with Gasteiger partial charge in [-0.05, 0) is 31.0 Å². The summed E-state index contributed by atoms with van der Waals surface area (Å²) in [5, 5.41) is 12.6. The van der Waals surface area contributed by atoms with Crippen LogP contribution in [0.25, 0.3) is 0 Å². The lowest BCUT2D eigenvalue weighted by Crippen LogP contribution is -2.48. The van der Waals surface area contributed by atoms with Gasteiger partial charge in [0.2, 0.25) is 0 Å². The van der Waals surface area contributed by atoms with Gasteiger partial charge in [0.05, 0.1) is 16.7 Å². The quantitative estimate of drug-likeness (QED) is 0.921. The first-order valence-electron chi connectivity index (χ1n) is 5.49. The number of carbonyl (C=O) groups excluding carboxylic acids is 1. The Morgan fingerprint density at radius 3 is 2.50 bits per heavy atom. The van der Waals surface area contributed by atoms with E-state index in [0.29, 0.717) is 10.6 Å². The molecule has 0 aliphatic heterocycles. The number of amides is 1. The molecule has 0 radical (unpaired) electrons. The summed E-state index contributed by atoms with van der Waals surface area (Å²) in [4.78, 5) is 12.1. The number of rotatable bonds is 3. The summed E-state index contributed by atoms with van der Waals surface area (Å²) in [6.45, 7) is 5.42. The van der Waals surface area contributed by atoms with Gasteiger partial charge in [0.25, 0.3) is 5.91 Å². The maximum absolute atomic E-state index is 12.1. The zero-order valence-electron chi connectivity index (χ0n) is 10.4. The van der Waals surface area contributed by atoms with Crippen molar-refractivity contribution in [2.24, 2.45) is 5.92 Å². The van der Waals surface area contributed by atoms with Gasteiger partial charge in [-0.3, -0.25) is 4.79 Å². The zero-order chi connectivity index (χ0) is 13.9. The van der Waals surface area contributed by atoms with Crippen molar-refractivity contribution < 1.29 is 4.79 Å². The molecule has 0 saturated heterocycles. The lowest BCUT2D eigenvalue weighted by atomic mass is 9.90. The zero-order valence-corrected chi connectivity index (χ0v) is 11.9. The summed E-state index contributed by atoms with van der Waals surface area (Å²) in [5.41, 5.74) is -0.622. The second-order valence-electron chi connectivity index (χ2n) is 4.55. The van der Waals surface area contributed by atoms with Crippen molar-refractivity contribution in [1.29, 1.82) is 5.26 Å². The predicted molar refractivity (Wildman–Crippen MR) is 72.8 cm³/mol. The van der Waals surface area contributed by atoms with Gasteiger partial charge in [-0.2, -0.15) is 5.26 Å². The molecule has 1 aromatic rings. The SMILES string of the molecule is CC(C)C(C)(C#N)NC(=O)c1ccc(Cl)cc1Cl. The van der Waals surface area contributed by atoms with Crippen LogP contribution < -0.4 is 5.32 Å². The summed E-state index contributed by atoms with van der Waals surface area (Å²) >= 11 is 11.7. The fraction of sp³-hybridized carbons (Fsp3) is 0.385. The Labute approximate surface area is 117 Å². The van der Waals surface area contributed by atoms with Gasteiger partial charge in [-0.15, -0.1) is 0 Å². The van der Waals surface area contributed by atoms with E-state index in [0.717, 1.165) is 0 Å². The highest BCUT2D eigenvalue weighted by Gasteiger charge is 2.30. The molecule has 96 valence electrons. The number of halogens is 2. The Morgan fingerprint density at radius 2 is 2.06 bits per heavy atom. The average Bonchev–Trinajstić information content (AvgIpc) is 2.28. The lowest BCUT2D eigenvalue weighted by molar-refractivity contribution is 0.0908. The molecule has 5 heteroatoms. The Bertz CT molecular complexity index is 508. The lowest BCUT2D eigenvalue weighted by Gasteiger charge is -2.27. The molecule has 1 atom stereocenters. The summed E-state index contributed by atoms with van der Waals surface area (Å²) in [5.74, 6) is -0.396. The van der Waals surface area contributed by atoms with Gasteiger partial charge in [0, 0.05) is 5.02 Å². The van der Waals surface area contributed by atoms with Crippen molar-refractivity contribution in [2.75, 3.05) is 0 Å². The summed E-state index contributed by atoms with van der Waals surface area (Å²) < 4.78 is 0. The van der Waals surface area contributed by atoms with Crippen molar-refractivity contribution in [3.05, 3.63) is 33.8 Å². The van der Waals surface area contributed by atoms with E-state index in [9.17, 15) is 4.79 Å². The first-order valence-corrected chi connectivity index (χ1v) is 6.24. The van der Waals surface area contributed by atoms with E-state index in [1.807, 2.05) is 13.8 Å². The molecule has 0 fully saturated rings. The number of carbonyl (C=O) groups is 1. The maximum Gasteiger partial charge on any atom is 0.254 e. The first-order chi connectivity index (χ1) is 8.30. The van der Waals surface area contributed by atoms with Crippen LogP contribution in [-0.4, -0.2) is 11.4 Å². The molecule has 0 saturated carbocycles. The monoisotopic (exact) mass is 284 g/mol. The fourth-order valence-corrected chi connectivity index (χ4v) is 1.77. The minimum Gasteiger partial charge on any atom is -0.334 e. The number of nitrogens with zero attached hydrogens (tertiary/aromatic N) is 1. The fourth-order valence-electron chi connectivity index (χ4n) is 1.28. The van der Waals surface area contributed by atoms with Crippen LogP contribution in [0.4, 0.5) is 0 Å². The molecule has 1 aromatic carbocycles. The molecular weight excluding hydrogens is 271 g/mol. The Hall–Kier alpha value is -1.24. The number of nitriles is 1. The highest BCUT2D eigenvalue weighted by atomic mass is 35.5. The molecule has 3 nitrogen and oxygen atoms in total. The molecule has 0 heterocycles. The van der Waals surface area contributed by atoms with Crippen molar-refractivity contribution in [2.45, 2.75) is 26.3 Å². The molecule has 18 heavy (non-hydrogen) atoms. The normalized spacial score (nSPS) is 13.8. The predicted octanol–water partition coefficient (Wildman–Crippen LogP) is 3.66. The van der Waals surface area contributed by atoms with Crippen LogP contribution in [0.2, 0.25) is 10.0 Å². The molecule has 1 unspecified atom stereocenters. The Morgan fingerprint density at radius 1 is 1.44 bits per heavy atom. The third-order valence-corrected chi connectivity index (χ3v) is 3.48. The van der Waals surface area contributed by atoms with Crippen LogP contribution in [0.1, 0.15) is 31.1 Å². The molecule has 0 aliphatic carbocycles. The van der Waals surface area contributed by atoms with Gasteiger partial charge < -0.3 is 5.32 Å². The van der Waals surface area contributed by atoms with E-state index in [-0.39, 0.29) is 16.8 Å². The van der Waals surface area contributed by atoms with E-state index in [1.54, 1.807) is 13.0 Å². The minimum absolute atomic E-state index is 0.0162. The largest absolute Gasteiger partial charge is 0.334 e. The minimum atomic E-state index is -0.931. The third-order valence-electron chi connectivity index (χ3n) is 2.94. The molecule has 0 aliphatic rings. The molecule has 0 spiro atoms. The second-order valence-corrected chi connectivity index (χ2v) is 5.39. The van der Waals surface area contributed by atoms with Gasteiger partial charge in [0.1, 0.15) is 5.54 Å². The second kappa shape index (κ2) is 5.60. The van der Waals surface area contributed by atoms with Crippen LogP contribution in [0.15, 0.2) is 18.2 Å². The van der Waals surface area contributed by atoms with Crippen LogP contribution in [-0.2, 0) is 0 Å². The van der Waals surface area contributed by atoms with Gasteiger partial charge >= 0.3 is 0 Å². The van der Waals surface area contributed by atoms with E-state index in [2.05, 4.69) is 11.4 Å². The number of nitrogens with one attached hydrogen (secondary N) is 1. The summed E-state index contributed by atoms with van der Waals surface area (Å²) in [7, 11) is 0. The molecule has 1 amide bonds. The Kier molecular flexibility index (Phi) is 4.61. The standard InChI is InChI=1S/C13H14Cl2N2O/c1-8(2)13(3,7-16)17-12(18)10-5-4-9(14)6-11(10)15/h4-6,8H,1-3H3,(H,17,18). The number of benzene rings is 1. The first kappa shape index (κ1) is 14.8. The third kappa shape index (κ3) is 3.16.